The van der Waals surface area contributed by atoms with E-state index in [9.17, 15) is 0 Å². The standard InChI is InChI=1S/C9H13N/c1-4-6-9(7-5-2)8(3)10/h4-7,10H,1H2,2-3H3/b7-5-,9-6+,10-8?. The zero-order valence-corrected chi connectivity index (χ0v) is 6.52. The van der Waals surface area contributed by atoms with Crippen LogP contribution in [-0.2, 0) is 0 Å². The number of nitrogens with one attached hydrogen (secondary N) is 1. The summed E-state index contributed by atoms with van der Waals surface area (Å²) in [6.45, 7) is 7.25. The fourth-order valence-electron chi connectivity index (χ4n) is 0.612. The molecule has 0 atom stereocenters. The molecule has 0 radical (unpaired) electrons. The van der Waals surface area contributed by atoms with Crippen LogP contribution in [0.2, 0.25) is 0 Å². The van der Waals surface area contributed by atoms with Gasteiger partial charge in [0.1, 0.15) is 0 Å². The largest absolute Gasteiger partial charge is 0.305 e. The van der Waals surface area contributed by atoms with Crippen LogP contribution in [0.15, 0.2) is 36.5 Å². The molecule has 0 spiro atoms. The van der Waals surface area contributed by atoms with E-state index in [-0.39, 0.29) is 0 Å². The van der Waals surface area contributed by atoms with Crippen LogP contribution in [0.5, 0.6) is 0 Å². The number of hydrogen-bond acceptors (Lipinski definition) is 1. The normalized spacial score (nSPS) is 12.0. The van der Waals surface area contributed by atoms with E-state index in [0.717, 1.165) is 5.57 Å². The maximum atomic E-state index is 7.29. The Balaban J connectivity index is 4.41. The SMILES string of the molecule is C=C/C=C(\C=C/C)C(C)=N. The second kappa shape index (κ2) is 4.74. The number of allylic oxidation sites excluding steroid dienone is 5. The van der Waals surface area contributed by atoms with E-state index < -0.39 is 0 Å². The molecule has 0 amide bonds. The molecule has 54 valence electrons. The van der Waals surface area contributed by atoms with Crippen molar-refractivity contribution in [2.75, 3.05) is 0 Å². The van der Waals surface area contributed by atoms with Gasteiger partial charge in [-0.3, -0.25) is 0 Å². The molecule has 0 aliphatic carbocycles. The Labute approximate surface area is 62.3 Å². The first kappa shape index (κ1) is 8.89. The van der Waals surface area contributed by atoms with Crippen LogP contribution < -0.4 is 0 Å². The van der Waals surface area contributed by atoms with Crippen molar-refractivity contribution < 1.29 is 0 Å². The van der Waals surface area contributed by atoms with Crippen molar-refractivity contribution in [3.8, 4) is 0 Å². The van der Waals surface area contributed by atoms with E-state index in [2.05, 4.69) is 6.58 Å². The molecule has 1 heteroatoms. The van der Waals surface area contributed by atoms with E-state index in [1.807, 2.05) is 25.2 Å². The van der Waals surface area contributed by atoms with E-state index in [1.165, 1.54) is 0 Å². The highest BCUT2D eigenvalue weighted by Gasteiger charge is 1.89. The summed E-state index contributed by atoms with van der Waals surface area (Å²) in [7, 11) is 0. The molecule has 0 bridgehead atoms. The maximum Gasteiger partial charge on any atom is 0.0355 e. The Bertz CT molecular complexity index is 185. The zero-order valence-electron chi connectivity index (χ0n) is 6.52. The average Bonchev–Trinajstić information content (AvgIpc) is 1.87. The first-order valence-electron chi connectivity index (χ1n) is 3.23. The molecule has 0 aromatic carbocycles. The Morgan fingerprint density at radius 1 is 1.50 bits per heavy atom. The van der Waals surface area contributed by atoms with Gasteiger partial charge in [-0.05, 0) is 19.4 Å². The van der Waals surface area contributed by atoms with Gasteiger partial charge >= 0.3 is 0 Å². The lowest BCUT2D eigenvalue weighted by molar-refractivity contribution is 1.46. The zero-order chi connectivity index (χ0) is 7.98. The van der Waals surface area contributed by atoms with Crippen molar-refractivity contribution in [1.82, 2.24) is 0 Å². The maximum absolute atomic E-state index is 7.29. The Morgan fingerprint density at radius 2 is 2.10 bits per heavy atom. The molecule has 0 aliphatic rings. The van der Waals surface area contributed by atoms with Crippen LogP contribution in [0.25, 0.3) is 0 Å². The van der Waals surface area contributed by atoms with Crippen LogP contribution in [0.3, 0.4) is 0 Å². The van der Waals surface area contributed by atoms with Crippen LogP contribution in [-0.4, -0.2) is 5.71 Å². The smallest absolute Gasteiger partial charge is 0.0355 e. The van der Waals surface area contributed by atoms with Crippen molar-refractivity contribution >= 4 is 5.71 Å². The molecule has 0 saturated carbocycles. The molecule has 0 aliphatic heterocycles. The predicted octanol–water partition coefficient (Wildman–Crippen LogP) is 2.71. The van der Waals surface area contributed by atoms with E-state index in [1.54, 1.807) is 13.0 Å². The summed E-state index contributed by atoms with van der Waals surface area (Å²) < 4.78 is 0. The molecule has 0 aromatic heterocycles. The van der Waals surface area contributed by atoms with Gasteiger partial charge in [0.05, 0.1) is 0 Å². The third kappa shape index (κ3) is 3.02. The first-order chi connectivity index (χ1) is 4.72. The summed E-state index contributed by atoms with van der Waals surface area (Å²) >= 11 is 0. The van der Waals surface area contributed by atoms with Gasteiger partial charge in [0.15, 0.2) is 0 Å². The first-order valence-corrected chi connectivity index (χ1v) is 3.23. The summed E-state index contributed by atoms with van der Waals surface area (Å²) in [5.41, 5.74) is 1.48. The highest BCUT2D eigenvalue weighted by Crippen LogP contribution is 1.98. The monoisotopic (exact) mass is 135 g/mol. The molecule has 0 fully saturated rings. The van der Waals surface area contributed by atoms with Gasteiger partial charge in [-0.1, -0.05) is 30.9 Å². The van der Waals surface area contributed by atoms with Gasteiger partial charge < -0.3 is 5.41 Å². The van der Waals surface area contributed by atoms with Gasteiger partial charge in [-0.2, -0.15) is 0 Å². The van der Waals surface area contributed by atoms with E-state index >= 15 is 0 Å². The Morgan fingerprint density at radius 3 is 2.40 bits per heavy atom. The number of hydrogen-bond donors (Lipinski definition) is 1. The average molecular weight is 135 g/mol. The lowest BCUT2D eigenvalue weighted by Crippen LogP contribution is -1.90. The minimum atomic E-state index is 0.568. The van der Waals surface area contributed by atoms with Crippen molar-refractivity contribution in [3.05, 3.63) is 36.5 Å². The summed E-state index contributed by atoms with van der Waals surface area (Å²) in [4.78, 5) is 0. The van der Waals surface area contributed by atoms with Crippen molar-refractivity contribution in [1.29, 1.82) is 5.41 Å². The van der Waals surface area contributed by atoms with Crippen molar-refractivity contribution in [3.63, 3.8) is 0 Å². The lowest BCUT2D eigenvalue weighted by Gasteiger charge is -1.94. The second-order valence-electron chi connectivity index (χ2n) is 1.98. The minimum absolute atomic E-state index is 0.568. The van der Waals surface area contributed by atoms with Gasteiger partial charge in [0, 0.05) is 5.71 Å². The molecule has 10 heavy (non-hydrogen) atoms. The highest BCUT2D eigenvalue weighted by atomic mass is 14.4. The van der Waals surface area contributed by atoms with Crippen LogP contribution >= 0.6 is 0 Å². The molecular formula is C9H13N. The van der Waals surface area contributed by atoms with Gasteiger partial charge in [0.25, 0.3) is 0 Å². The fraction of sp³-hybridized carbons (Fsp3) is 0.222. The summed E-state index contributed by atoms with van der Waals surface area (Å²) in [5.74, 6) is 0. The molecule has 0 rings (SSSR count). The number of rotatable bonds is 3. The molecule has 0 aromatic rings. The van der Waals surface area contributed by atoms with Crippen LogP contribution in [0.1, 0.15) is 13.8 Å². The Kier molecular flexibility index (Phi) is 4.21. The third-order valence-corrected chi connectivity index (χ3v) is 1.08. The molecule has 0 saturated heterocycles. The molecule has 0 heterocycles. The predicted molar refractivity (Wildman–Crippen MR) is 46.5 cm³/mol. The molecule has 0 unspecified atom stereocenters. The quantitative estimate of drug-likeness (QED) is 0.454. The van der Waals surface area contributed by atoms with Crippen molar-refractivity contribution in [2.24, 2.45) is 0 Å². The summed E-state index contributed by atoms with van der Waals surface area (Å²) in [6, 6.07) is 0. The van der Waals surface area contributed by atoms with Crippen LogP contribution in [0, 0.1) is 5.41 Å². The van der Waals surface area contributed by atoms with Crippen molar-refractivity contribution in [2.45, 2.75) is 13.8 Å². The van der Waals surface area contributed by atoms with Gasteiger partial charge in [-0.15, -0.1) is 0 Å². The second-order valence-corrected chi connectivity index (χ2v) is 1.98. The third-order valence-electron chi connectivity index (χ3n) is 1.08. The Hall–Kier alpha value is -1.11. The van der Waals surface area contributed by atoms with Gasteiger partial charge in [-0.25, -0.2) is 0 Å². The van der Waals surface area contributed by atoms with E-state index in [0.29, 0.717) is 5.71 Å². The summed E-state index contributed by atoms with van der Waals surface area (Å²) in [6.07, 6.45) is 7.31. The highest BCUT2D eigenvalue weighted by molar-refractivity contribution is 5.98. The molecule has 1 N–H and O–H groups in total. The lowest BCUT2D eigenvalue weighted by atomic mass is 10.1. The fourth-order valence-corrected chi connectivity index (χ4v) is 0.612. The minimum Gasteiger partial charge on any atom is -0.305 e. The van der Waals surface area contributed by atoms with E-state index in [4.69, 9.17) is 5.41 Å². The van der Waals surface area contributed by atoms with Gasteiger partial charge in [0.2, 0.25) is 0 Å². The topological polar surface area (TPSA) is 23.9 Å². The molecule has 1 nitrogen and oxygen atoms in total. The summed E-state index contributed by atoms with van der Waals surface area (Å²) in [5, 5.41) is 7.29. The van der Waals surface area contributed by atoms with Crippen LogP contribution in [0.4, 0.5) is 0 Å². The molecular weight excluding hydrogens is 122 g/mol.